The maximum Gasteiger partial charge on any atom is 0.352 e. The Hall–Kier alpha value is -3.61. The van der Waals surface area contributed by atoms with Gasteiger partial charge in [-0.05, 0) is 36.3 Å². The number of rotatable bonds is 5. The minimum Gasteiger partial charge on any atom is -0.489 e. The van der Waals surface area contributed by atoms with Crippen LogP contribution in [0.3, 0.4) is 0 Å². The summed E-state index contributed by atoms with van der Waals surface area (Å²) in [5.41, 5.74) is 2.08. The number of carboxylic acids is 1. The minimum absolute atomic E-state index is 0.0873. The molecule has 2 N–H and O–H groups in total. The highest BCUT2D eigenvalue weighted by Crippen LogP contribution is 2.30. The second-order valence-corrected chi connectivity index (χ2v) is 6.23. The second-order valence-electron chi connectivity index (χ2n) is 6.23. The third kappa shape index (κ3) is 3.52. The van der Waals surface area contributed by atoms with Crippen LogP contribution in [0, 0.1) is 6.92 Å². The summed E-state index contributed by atoms with van der Waals surface area (Å²) in [6.45, 7) is 2.26. The molecule has 4 rings (SSSR count). The Morgan fingerprint density at radius 1 is 1.19 bits per heavy atom. The molecule has 1 atom stereocenters. The number of aliphatic carboxylic acids is 1. The van der Waals surface area contributed by atoms with Crippen LogP contribution in [-0.4, -0.2) is 25.8 Å². The molecule has 1 aliphatic heterocycles. The summed E-state index contributed by atoms with van der Waals surface area (Å²) in [4.78, 5) is 15.7. The zero-order valence-corrected chi connectivity index (χ0v) is 14.7. The largest absolute Gasteiger partial charge is 0.489 e. The standard InChI is InChI=1S/C20H18N4O3/c1-13-21-20-22-17(19(25)26)11-18(24(20)23-13)15-7-9-16(10-8-15)27-12-14-5-3-2-4-6-14/h2-11,18H,12H2,1H3,(H,25,26)(H,21,22,23)/t18-/m0/s1. The van der Waals surface area contributed by atoms with Crippen molar-refractivity contribution >= 4 is 11.9 Å². The lowest BCUT2D eigenvalue weighted by molar-refractivity contribution is -0.132. The van der Waals surface area contributed by atoms with Crippen LogP contribution in [0.5, 0.6) is 5.75 Å². The van der Waals surface area contributed by atoms with Crippen LogP contribution in [0.1, 0.15) is 23.0 Å². The molecule has 0 bridgehead atoms. The molecule has 2 heterocycles. The third-order valence-corrected chi connectivity index (χ3v) is 4.27. The number of allylic oxidation sites excluding steroid dienone is 1. The van der Waals surface area contributed by atoms with Gasteiger partial charge >= 0.3 is 5.97 Å². The Balaban J connectivity index is 1.56. The van der Waals surface area contributed by atoms with Gasteiger partial charge in [0.05, 0.1) is 0 Å². The van der Waals surface area contributed by atoms with Crippen molar-refractivity contribution in [2.75, 3.05) is 5.32 Å². The average Bonchev–Trinajstić information content (AvgIpc) is 3.07. The molecule has 0 unspecified atom stereocenters. The highest BCUT2D eigenvalue weighted by atomic mass is 16.5. The van der Waals surface area contributed by atoms with Crippen LogP contribution in [0.25, 0.3) is 0 Å². The third-order valence-electron chi connectivity index (χ3n) is 4.27. The van der Waals surface area contributed by atoms with Crippen LogP contribution < -0.4 is 10.1 Å². The van der Waals surface area contributed by atoms with Crippen molar-refractivity contribution in [1.29, 1.82) is 0 Å². The number of anilines is 1. The molecule has 2 aromatic carbocycles. The normalized spacial score (nSPS) is 15.4. The summed E-state index contributed by atoms with van der Waals surface area (Å²) >= 11 is 0. The van der Waals surface area contributed by atoms with Crippen molar-refractivity contribution in [2.24, 2.45) is 0 Å². The van der Waals surface area contributed by atoms with E-state index in [-0.39, 0.29) is 11.7 Å². The van der Waals surface area contributed by atoms with Gasteiger partial charge in [0.25, 0.3) is 0 Å². The molecule has 0 saturated carbocycles. The average molecular weight is 362 g/mol. The first-order chi connectivity index (χ1) is 13.1. The molecule has 0 spiro atoms. The number of ether oxygens (including phenoxy) is 1. The Bertz CT molecular complexity index is 994. The van der Waals surface area contributed by atoms with Gasteiger partial charge in [0.2, 0.25) is 5.95 Å². The number of hydrogen-bond donors (Lipinski definition) is 2. The number of carboxylic acid groups (broad SMARTS) is 1. The molecular formula is C20H18N4O3. The van der Waals surface area contributed by atoms with Gasteiger partial charge in [-0.1, -0.05) is 42.5 Å². The highest BCUT2D eigenvalue weighted by Gasteiger charge is 2.26. The van der Waals surface area contributed by atoms with Gasteiger partial charge in [0.15, 0.2) is 0 Å². The molecule has 0 radical (unpaired) electrons. The first-order valence-electron chi connectivity index (χ1n) is 8.52. The van der Waals surface area contributed by atoms with Crippen molar-refractivity contribution in [2.45, 2.75) is 19.6 Å². The van der Waals surface area contributed by atoms with Gasteiger partial charge in [-0.25, -0.2) is 9.48 Å². The molecular weight excluding hydrogens is 344 g/mol. The van der Waals surface area contributed by atoms with E-state index >= 15 is 0 Å². The van der Waals surface area contributed by atoms with E-state index in [4.69, 9.17) is 4.74 Å². The van der Waals surface area contributed by atoms with Gasteiger partial charge in [-0.3, -0.25) is 0 Å². The lowest BCUT2D eigenvalue weighted by Crippen LogP contribution is -2.24. The van der Waals surface area contributed by atoms with Gasteiger partial charge in [-0.15, -0.1) is 0 Å². The van der Waals surface area contributed by atoms with Gasteiger partial charge in [0, 0.05) is 0 Å². The van der Waals surface area contributed by atoms with Gasteiger partial charge in [0.1, 0.15) is 29.9 Å². The van der Waals surface area contributed by atoms with Crippen LogP contribution in [0.15, 0.2) is 66.4 Å². The smallest absolute Gasteiger partial charge is 0.352 e. The number of fused-ring (bicyclic) bond motifs is 1. The van der Waals surface area contributed by atoms with Crippen LogP contribution >= 0.6 is 0 Å². The fourth-order valence-corrected chi connectivity index (χ4v) is 2.96. The van der Waals surface area contributed by atoms with E-state index in [1.165, 1.54) is 0 Å². The fourth-order valence-electron chi connectivity index (χ4n) is 2.96. The number of carbonyl (C=O) groups is 1. The summed E-state index contributed by atoms with van der Waals surface area (Å²) in [6, 6.07) is 17.2. The van der Waals surface area contributed by atoms with E-state index in [1.54, 1.807) is 17.7 Å². The summed E-state index contributed by atoms with van der Waals surface area (Å²) in [7, 11) is 0. The maximum absolute atomic E-state index is 11.4. The minimum atomic E-state index is -1.03. The molecule has 7 nitrogen and oxygen atoms in total. The molecule has 136 valence electrons. The van der Waals surface area contributed by atoms with Gasteiger partial charge < -0.3 is 15.2 Å². The van der Waals surface area contributed by atoms with Crippen LogP contribution in [0.4, 0.5) is 5.95 Å². The van der Waals surface area contributed by atoms with Crippen LogP contribution in [-0.2, 0) is 11.4 Å². The van der Waals surface area contributed by atoms with Gasteiger partial charge in [-0.2, -0.15) is 10.1 Å². The maximum atomic E-state index is 11.4. The monoisotopic (exact) mass is 362 g/mol. The summed E-state index contributed by atoms with van der Waals surface area (Å²) in [5.74, 6) is 0.704. The molecule has 27 heavy (non-hydrogen) atoms. The molecule has 0 aliphatic carbocycles. The highest BCUT2D eigenvalue weighted by molar-refractivity contribution is 5.90. The van der Waals surface area contributed by atoms with E-state index < -0.39 is 5.97 Å². The van der Waals surface area contributed by atoms with Crippen molar-refractivity contribution < 1.29 is 14.6 Å². The quantitative estimate of drug-likeness (QED) is 0.725. The number of nitrogens with one attached hydrogen (secondary N) is 1. The predicted molar refractivity (Wildman–Crippen MR) is 99.5 cm³/mol. The molecule has 3 aromatic rings. The topological polar surface area (TPSA) is 89.3 Å². The Kier molecular flexibility index (Phi) is 4.33. The first kappa shape index (κ1) is 16.8. The van der Waals surface area contributed by atoms with Crippen molar-refractivity contribution in [3.63, 3.8) is 0 Å². The lowest BCUT2D eigenvalue weighted by atomic mass is 10.0. The van der Waals surface area contributed by atoms with E-state index in [9.17, 15) is 9.90 Å². The number of benzene rings is 2. The molecule has 7 heteroatoms. The number of nitrogens with zero attached hydrogens (tertiary/aromatic N) is 3. The molecule has 0 amide bonds. The predicted octanol–water partition coefficient (Wildman–Crippen LogP) is 3.15. The van der Waals surface area contributed by atoms with E-state index in [0.717, 1.165) is 16.9 Å². The van der Waals surface area contributed by atoms with Crippen molar-refractivity contribution in [3.05, 3.63) is 83.3 Å². The zero-order chi connectivity index (χ0) is 18.8. The Morgan fingerprint density at radius 3 is 2.63 bits per heavy atom. The summed E-state index contributed by atoms with van der Waals surface area (Å²) < 4.78 is 7.49. The summed E-state index contributed by atoms with van der Waals surface area (Å²) in [6.07, 6.45) is 1.63. The van der Waals surface area contributed by atoms with E-state index in [2.05, 4.69) is 15.4 Å². The Labute approximate surface area is 155 Å². The lowest BCUT2D eigenvalue weighted by Gasteiger charge is -2.22. The molecule has 0 fully saturated rings. The van der Waals surface area contributed by atoms with Crippen molar-refractivity contribution in [1.82, 2.24) is 14.8 Å². The van der Waals surface area contributed by atoms with Crippen LogP contribution in [0.2, 0.25) is 0 Å². The second kappa shape index (κ2) is 6.95. The molecule has 0 saturated heterocycles. The Morgan fingerprint density at radius 2 is 1.93 bits per heavy atom. The molecule has 1 aromatic heterocycles. The van der Waals surface area contributed by atoms with E-state index in [0.29, 0.717) is 18.4 Å². The van der Waals surface area contributed by atoms with E-state index in [1.807, 2.05) is 54.6 Å². The summed E-state index contributed by atoms with van der Waals surface area (Å²) in [5, 5.41) is 16.5. The SMILES string of the molecule is Cc1nc2n(n1)[C@H](c1ccc(OCc3ccccc3)cc1)C=C(C(=O)O)N2. The van der Waals surface area contributed by atoms with Crippen molar-refractivity contribution in [3.8, 4) is 5.75 Å². The first-order valence-corrected chi connectivity index (χ1v) is 8.52. The zero-order valence-electron chi connectivity index (χ0n) is 14.7. The number of aryl methyl sites for hydroxylation is 1. The fraction of sp³-hybridized carbons (Fsp3) is 0.150. The number of aromatic nitrogens is 3. The molecule has 1 aliphatic rings. The number of hydrogen-bond acceptors (Lipinski definition) is 5.